The van der Waals surface area contributed by atoms with E-state index in [4.69, 9.17) is 10.5 Å². The van der Waals surface area contributed by atoms with E-state index in [9.17, 15) is 5.11 Å². The molecule has 0 bridgehead atoms. The second-order valence-electron chi connectivity index (χ2n) is 3.68. The molecule has 2 unspecified atom stereocenters. The average molecular weight is 196 g/mol. The topological polar surface area (TPSA) is 58.7 Å². The number of morpholine rings is 1. The van der Waals surface area contributed by atoms with Gasteiger partial charge in [0.15, 0.2) is 0 Å². The molecule has 1 heterocycles. The zero-order chi connectivity index (χ0) is 10.0. The first kappa shape index (κ1) is 9.86. The number of ether oxygens (including phenoxy) is 1. The van der Waals surface area contributed by atoms with Crippen molar-refractivity contribution in [2.75, 3.05) is 26.3 Å². The van der Waals surface area contributed by atoms with Crippen molar-refractivity contribution in [3.05, 3.63) is 24.3 Å². The number of rotatable bonds is 1. The minimum absolute atomic E-state index is 0.634. The second-order valence-corrected chi connectivity index (χ2v) is 3.68. The first-order valence-electron chi connectivity index (χ1n) is 4.89. The van der Waals surface area contributed by atoms with Crippen molar-refractivity contribution in [2.45, 2.75) is 11.8 Å². The van der Waals surface area contributed by atoms with Gasteiger partial charge in [-0.1, -0.05) is 18.2 Å². The molecule has 1 saturated heterocycles. The molecule has 0 aromatic carbocycles. The Bertz CT molecular complexity index is 259. The summed E-state index contributed by atoms with van der Waals surface area (Å²) in [6.45, 7) is 2.91. The number of allylic oxidation sites excluding steroid dienone is 2. The molecule has 2 atom stereocenters. The van der Waals surface area contributed by atoms with Crippen LogP contribution >= 0.6 is 0 Å². The van der Waals surface area contributed by atoms with Gasteiger partial charge in [0.25, 0.3) is 0 Å². The molecule has 2 rings (SSSR count). The molecule has 4 heteroatoms. The largest absolute Gasteiger partial charge is 0.385 e. The van der Waals surface area contributed by atoms with Crippen LogP contribution in [0.4, 0.5) is 0 Å². The lowest BCUT2D eigenvalue weighted by Gasteiger charge is -2.43. The maximum atomic E-state index is 9.83. The van der Waals surface area contributed by atoms with Gasteiger partial charge in [-0.3, -0.25) is 4.90 Å². The third kappa shape index (κ3) is 1.62. The third-order valence-electron chi connectivity index (χ3n) is 2.80. The molecule has 14 heavy (non-hydrogen) atoms. The van der Waals surface area contributed by atoms with Gasteiger partial charge in [-0.2, -0.15) is 0 Å². The zero-order valence-corrected chi connectivity index (χ0v) is 8.10. The molecular weight excluding hydrogens is 180 g/mol. The van der Waals surface area contributed by atoms with Crippen LogP contribution in [0.15, 0.2) is 24.3 Å². The Morgan fingerprint density at radius 3 is 2.71 bits per heavy atom. The molecular formula is C10H16N2O2. The highest BCUT2D eigenvalue weighted by Gasteiger charge is 2.37. The van der Waals surface area contributed by atoms with Gasteiger partial charge in [-0.25, -0.2) is 0 Å². The summed E-state index contributed by atoms with van der Waals surface area (Å²) < 4.78 is 5.25. The maximum Gasteiger partial charge on any atom is 0.119 e. The summed E-state index contributed by atoms with van der Waals surface area (Å²) in [5.74, 6) is 0. The highest BCUT2D eigenvalue weighted by Crippen LogP contribution is 2.21. The number of hydrogen-bond donors (Lipinski definition) is 2. The fourth-order valence-corrected chi connectivity index (χ4v) is 1.87. The molecule has 0 saturated carbocycles. The minimum atomic E-state index is -0.751. The SMILES string of the molecule is NC1(N2CCOCC2)C=CC=CC1O. The van der Waals surface area contributed by atoms with Crippen molar-refractivity contribution >= 4 is 0 Å². The number of aliphatic hydroxyl groups is 1. The summed E-state index contributed by atoms with van der Waals surface area (Å²) in [4.78, 5) is 2.06. The van der Waals surface area contributed by atoms with E-state index in [1.807, 2.05) is 18.2 Å². The fraction of sp³-hybridized carbons (Fsp3) is 0.600. The number of nitrogens with zero attached hydrogens (tertiary/aromatic N) is 1. The summed E-state index contributed by atoms with van der Waals surface area (Å²) in [5.41, 5.74) is 5.41. The summed E-state index contributed by atoms with van der Waals surface area (Å²) in [6.07, 6.45) is 6.63. The molecule has 1 aliphatic heterocycles. The predicted octanol–water partition coefficient (Wildman–Crippen LogP) is -0.539. The van der Waals surface area contributed by atoms with Gasteiger partial charge in [0, 0.05) is 13.1 Å². The summed E-state index contributed by atoms with van der Waals surface area (Å²) >= 11 is 0. The van der Waals surface area contributed by atoms with E-state index in [0.29, 0.717) is 13.2 Å². The second kappa shape index (κ2) is 3.82. The van der Waals surface area contributed by atoms with Crippen LogP contribution in [0.25, 0.3) is 0 Å². The molecule has 3 N–H and O–H groups in total. The highest BCUT2D eigenvalue weighted by molar-refractivity contribution is 5.24. The molecule has 1 fully saturated rings. The number of hydrogen-bond acceptors (Lipinski definition) is 4. The fourth-order valence-electron chi connectivity index (χ4n) is 1.87. The molecule has 0 spiro atoms. The van der Waals surface area contributed by atoms with Crippen molar-refractivity contribution < 1.29 is 9.84 Å². The van der Waals surface area contributed by atoms with Crippen molar-refractivity contribution in [1.29, 1.82) is 0 Å². The molecule has 0 aromatic rings. The van der Waals surface area contributed by atoms with Crippen LogP contribution in [0.2, 0.25) is 0 Å². The Kier molecular flexibility index (Phi) is 2.69. The van der Waals surface area contributed by atoms with Crippen molar-refractivity contribution in [3.63, 3.8) is 0 Å². The molecule has 2 aliphatic rings. The number of nitrogens with two attached hydrogens (primary N) is 1. The molecule has 0 amide bonds. The van der Waals surface area contributed by atoms with E-state index in [-0.39, 0.29) is 0 Å². The van der Waals surface area contributed by atoms with E-state index in [1.54, 1.807) is 6.08 Å². The minimum Gasteiger partial charge on any atom is -0.385 e. The van der Waals surface area contributed by atoms with E-state index in [2.05, 4.69) is 4.90 Å². The Morgan fingerprint density at radius 1 is 1.36 bits per heavy atom. The quantitative estimate of drug-likeness (QED) is 0.591. The first-order chi connectivity index (χ1) is 6.73. The van der Waals surface area contributed by atoms with Crippen molar-refractivity contribution in [3.8, 4) is 0 Å². The van der Waals surface area contributed by atoms with Crippen LogP contribution in [0, 0.1) is 0 Å². The number of aliphatic hydroxyl groups excluding tert-OH is 1. The molecule has 4 nitrogen and oxygen atoms in total. The van der Waals surface area contributed by atoms with Crippen LogP contribution in [0.3, 0.4) is 0 Å². The molecule has 0 radical (unpaired) electrons. The first-order valence-corrected chi connectivity index (χ1v) is 4.89. The van der Waals surface area contributed by atoms with Gasteiger partial charge in [0.05, 0.1) is 13.2 Å². The van der Waals surface area contributed by atoms with Gasteiger partial charge in [0.2, 0.25) is 0 Å². The van der Waals surface area contributed by atoms with E-state index < -0.39 is 11.8 Å². The van der Waals surface area contributed by atoms with E-state index >= 15 is 0 Å². The van der Waals surface area contributed by atoms with E-state index in [1.165, 1.54) is 0 Å². The maximum absolute atomic E-state index is 9.83. The Morgan fingerprint density at radius 2 is 2.07 bits per heavy atom. The van der Waals surface area contributed by atoms with Gasteiger partial charge >= 0.3 is 0 Å². The lowest BCUT2D eigenvalue weighted by atomic mass is 9.96. The van der Waals surface area contributed by atoms with Gasteiger partial charge < -0.3 is 15.6 Å². The smallest absolute Gasteiger partial charge is 0.119 e. The lowest BCUT2D eigenvalue weighted by molar-refractivity contribution is -0.0408. The van der Waals surface area contributed by atoms with Crippen LogP contribution in [0.5, 0.6) is 0 Å². The third-order valence-corrected chi connectivity index (χ3v) is 2.80. The van der Waals surface area contributed by atoms with Gasteiger partial charge in [-0.15, -0.1) is 0 Å². The van der Waals surface area contributed by atoms with Crippen LogP contribution in [0.1, 0.15) is 0 Å². The highest BCUT2D eigenvalue weighted by atomic mass is 16.5. The van der Waals surface area contributed by atoms with Gasteiger partial charge in [0.1, 0.15) is 11.8 Å². The molecule has 78 valence electrons. The van der Waals surface area contributed by atoms with Crippen LogP contribution in [-0.4, -0.2) is 48.1 Å². The van der Waals surface area contributed by atoms with Crippen molar-refractivity contribution in [2.24, 2.45) is 5.73 Å². The van der Waals surface area contributed by atoms with Crippen LogP contribution < -0.4 is 5.73 Å². The standard InChI is InChI=1S/C10H16N2O2/c11-10(4-2-1-3-9(10)13)12-5-7-14-8-6-12/h1-4,9,13H,5-8,11H2. The predicted molar refractivity (Wildman–Crippen MR) is 53.6 cm³/mol. The van der Waals surface area contributed by atoms with Gasteiger partial charge in [-0.05, 0) is 6.08 Å². The average Bonchev–Trinajstić information content (AvgIpc) is 2.24. The Balaban J connectivity index is 2.13. The summed E-state index contributed by atoms with van der Waals surface area (Å²) in [6, 6.07) is 0. The normalized spacial score (nSPS) is 38.9. The van der Waals surface area contributed by atoms with E-state index in [0.717, 1.165) is 13.1 Å². The Labute approximate surface area is 83.6 Å². The lowest BCUT2D eigenvalue weighted by Crippen LogP contribution is -2.64. The van der Waals surface area contributed by atoms with Crippen molar-refractivity contribution in [1.82, 2.24) is 4.90 Å². The summed E-state index contributed by atoms with van der Waals surface area (Å²) in [5, 5.41) is 9.83. The monoisotopic (exact) mass is 196 g/mol. The molecule has 1 aliphatic carbocycles. The Hall–Kier alpha value is -0.680. The molecule has 0 aromatic heterocycles. The van der Waals surface area contributed by atoms with Crippen LogP contribution in [-0.2, 0) is 4.74 Å². The summed E-state index contributed by atoms with van der Waals surface area (Å²) in [7, 11) is 0. The zero-order valence-electron chi connectivity index (χ0n) is 8.10.